The minimum Gasteiger partial charge on any atom is -0.315 e. The van der Waals surface area contributed by atoms with Gasteiger partial charge in [-0.1, -0.05) is 23.8 Å². The van der Waals surface area contributed by atoms with Crippen LogP contribution in [0.2, 0.25) is 0 Å². The maximum absolute atomic E-state index is 11.5. The lowest BCUT2D eigenvalue weighted by atomic mass is 10.1. The molecule has 1 aromatic rings. The number of benzene rings is 1. The van der Waals surface area contributed by atoms with Crippen molar-refractivity contribution in [3.05, 3.63) is 41.1 Å². The first-order valence-electron chi connectivity index (χ1n) is 5.31. The minimum atomic E-state index is -0.215. The summed E-state index contributed by atoms with van der Waals surface area (Å²) in [5.41, 5.74) is 4.24. The number of hydrogen-bond acceptors (Lipinski definition) is 1. The van der Waals surface area contributed by atoms with E-state index in [0.29, 0.717) is 0 Å². The van der Waals surface area contributed by atoms with Gasteiger partial charge in [-0.3, -0.25) is 0 Å². The van der Waals surface area contributed by atoms with Gasteiger partial charge in [-0.25, -0.2) is 4.79 Å². The molecule has 1 aromatic carbocycles. The highest BCUT2D eigenvalue weighted by Crippen LogP contribution is 2.21. The van der Waals surface area contributed by atoms with Gasteiger partial charge in [0.1, 0.15) is 0 Å². The Balaban J connectivity index is 2.85. The molecule has 0 saturated heterocycles. The highest BCUT2D eigenvalue weighted by molar-refractivity contribution is 5.91. The Morgan fingerprint density at radius 1 is 1.19 bits per heavy atom. The number of anilines is 1. The highest BCUT2D eigenvalue weighted by Gasteiger charge is 2.06. The van der Waals surface area contributed by atoms with E-state index in [1.54, 1.807) is 12.3 Å². The highest BCUT2D eigenvalue weighted by atomic mass is 16.2. The van der Waals surface area contributed by atoms with E-state index < -0.39 is 0 Å². The van der Waals surface area contributed by atoms with E-state index >= 15 is 0 Å². The molecular weight excluding hydrogens is 200 g/mol. The van der Waals surface area contributed by atoms with Crippen LogP contribution in [0.15, 0.2) is 24.4 Å². The Morgan fingerprint density at radius 2 is 1.75 bits per heavy atom. The molecule has 0 fully saturated rings. The number of hydrogen-bond donors (Lipinski definition) is 2. The van der Waals surface area contributed by atoms with Crippen molar-refractivity contribution >= 4 is 11.7 Å². The first-order valence-corrected chi connectivity index (χ1v) is 5.31. The van der Waals surface area contributed by atoms with Crippen LogP contribution in [-0.2, 0) is 0 Å². The minimum absolute atomic E-state index is 0.215. The zero-order chi connectivity index (χ0) is 12.1. The third-order valence-corrected chi connectivity index (χ3v) is 2.30. The van der Waals surface area contributed by atoms with E-state index in [-0.39, 0.29) is 6.03 Å². The van der Waals surface area contributed by atoms with Crippen molar-refractivity contribution in [1.29, 1.82) is 0 Å². The maximum Gasteiger partial charge on any atom is 0.323 e. The van der Waals surface area contributed by atoms with Crippen molar-refractivity contribution in [3.8, 4) is 0 Å². The van der Waals surface area contributed by atoms with Gasteiger partial charge in [0.05, 0.1) is 0 Å². The van der Waals surface area contributed by atoms with Crippen LogP contribution in [0.5, 0.6) is 0 Å². The fourth-order valence-corrected chi connectivity index (χ4v) is 1.69. The van der Waals surface area contributed by atoms with E-state index in [2.05, 4.69) is 22.8 Å². The van der Waals surface area contributed by atoms with Gasteiger partial charge in [0.25, 0.3) is 0 Å². The Bertz CT molecular complexity index is 399. The van der Waals surface area contributed by atoms with E-state index in [9.17, 15) is 4.79 Å². The Morgan fingerprint density at radius 3 is 2.25 bits per heavy atom. The molecule has 0 unspecified atom stereocenters. The van der Waals surface area contributed by atoms with Gasteiger partial charge in [0.15, 0.2) is 0 Å². The Hall–Kier alpha value is -1.77. The third-order valence-electron chi connectivity index (χ3n) is 2.30. The van der Waals surface area contributed by atoms with Gasteiger partial charge < -0.3 is 10.6 Å². The first kappa shape index (κ1) is 12.3. The van der Waals surface area contributed by atoms with Crippen molar-refractivity contribution < 1.29 is 4.79 Å². The van der Waals surface area contributed by atoms with Crippen molar-refractivity contribution in [2.24, 2.45) is 0 Å². The molecule has 86 valence electrons. The Labute approximate surface area is 96.6 Å². The zero-order valence-corrected chi connectivity index (χ0v) is 10.2. The molecule has 0 aliphatic rings. The molecule has 0 aliphatic carbocycles. The molecule has 0 atom stereocenters. The summed E-state index contributed by atoms with van der Waals surface area (Å²) in [5, 5.41) is 5.46. The first-order chi connectivity index (χ1) is 7.54. The maximum atomic E-state index is 11.5. The average molecular weight is 218 g/mol. The molecule has 0 radical (unpaired) electrons. The summed E-state index contributed by atoms with van der Waals surface area (Å²) in [4.78, 5) is 11.5. The van der Waals surface area contributed by atoms with Gasteiger partial charge in [-0.2, -0.15) is 0 Å². The largest absolute Gasteiger partial charge is 0.323 e. The molecule has 0 spiro atoms. The van der Waals surface area contributed by atoms with Crippen LogP contribution in [0.4, 0.5) is 10.5 Å². The molecule has 2 N–H and O–H groups in total. The number of carbonyl (C=O) groups is 1. The van der Waals surface area contributed by atoms with Gasteiger partial charge in [0.2, 0.25) is 0 Å². The van der Waals surface area contributed by atoms with Crippen LogP contribution in [0.1, 0.15) is 23.6 Å². The van der Waals surface area contributed by atoms with Crippen LogP contribution in [-0.4, -0.2) is 6.03 Å². The topological polar surface area (TPSA) is 41.1 Å². The number of rotatable bonds is 2. The smallest absolute Gasteiger partial charge is 0.315 e. The summed E-state index contributed by atoms with van der Waals surface area (Å²) in [5.74, 6) is 0. The zero-order valence-electron chi connectivity index (χ0n) is 10.2. The van der Waals surface area contributed by atoms with Crippen LogP contribution in [0.25, 0.3) is 0 Å². The lowest BCUT2D eigenvalue weighted by Gasteiger charge is -2.12. The van der Waals surface area contributed by atoms with Crippen molar-refractivity contribution in [2.75, 3.05) is 5.32 Å². The second kappa shape index (κ2) is 5.35. The number of amides is 2. The number of carbonyl (C=O) groups excluding carboxylic acids is 1. The van der Waals surface area contributed by atoms with Crippen LogP contribution >= 0.6 is 0 Å². The van der Waals surface area contributed by atoms with E-state index in [1.807, 2.05) is 27.7 Å². The molecule has 0 heterocycles. The lowest BCUT2D eigenvalue weighted by Crippen LogP contribution is -2.24. The molecule has 0 bridgehead atoms. The average Bonchev–Trinajstić information content (AvgIpc) is 2.20. The summed E-state index contributed by atoms with van der Waals surface area (Å²) >= 11 is 0. The summed E-state index contributed by atoms with van der Waals surface area (Å²) in [6, 6.07) is 3.89. The predicted molar refractivity (Wildman–Crippen MR) is 67.6 cm³/mol. The molecule has 3 nitrogen and oxygen atoms in total. The fourth-order valence-electron chi connectivity index (χ4n) is 1.69. The molecule has 0 aromatic heterocycles. The normalized spacial score (nSPS) is 10.5. The summed E-state index contributed by atoms with van der Waals surface area (Å²) in [6.07, 6.45) is 3.38. The number of urea groups is 1. The van der Waals surface area contributed by atoms with Crippen molar-refractivity contribution in [1.82, 2.24) is 5.32 Å². The Kier molecular flexibility index (Phi) is 4.11. The SMILES string of the molecule is C/C=C/NC(=O)Nc1c(C)cc(C)cc1C. The van der Waals surface area contributed by atoms with Crippen LogP contribution in [0, 0.1) is 20.8 Å². The van der Waals surface area contributed by atoms with E-state index in [0.717, 1.165) is 16.8 Å². The lowest BCUT2D eigenvalue weighted by molar-refractivity contribution is 0.255. The molecule has 0 aliphatic heterocycles. The third kappa shape index (κ3) is 3.12. The van der Waals surface area contributed by atoms with Crippen molar-refractivity contribution in [3.63, 3.8) is 0 Å². The fraction of sp³-hybridized carbons (Fsp3) is 0.308. The standard InChI is InChI=1S/C13H18N2O/c1-5-6-14-13(16)15-12-10(3)7-9(2)8-11(12)4/h5-8H,1-4H3,(H2,14,15,16)/b6-5+. The molecule has 1 rings (SSSR count). The number of aryl methyl sites for hydroxylation is 3. The van der Waals surface area contributed by atoms with Crippen LogP contribution in [0.3, 0.4) is 0 Å². The summed E-state index contributed by atoms with van der Waals surface area (Å²) in [6.45, 7) is 7.88. The van der Waals surface area contributed by atoms with Crippen LogP contribution < -0.4 is 10.6 Å². The molecule has 0 saturated carbocycles. The van der Waals surface area contributed by atoms with Gasteiger partial charge in [-0.05, 0) is 38.8 Å². The van der Waals surface area contributed by atoms with Crippen molar-refractivity contribution in [2.45, 2.75) is 27.7 Å². The van der Waals surface area contributed by atoms with Gasteiger partial charge in [-0.15, -0.1) is 0 Å². The second-order valence-electron chi connectivity index (χ2n) is 3.87. The second-order valence-corrected chi connectivity index (χ2v) is 3.87. The predicted octanol–water partition coefficient (Wildman–Crippen LogP) is 3.27. The number of allylic oxidation sites excluding steroid dienone is 1. The van der Waals surface area contributed by atoms with E-state index in [1.165, 1.54) is 5.56 Å². The molecule has 3 heteroatoms. The quantitative estimate of drug-likeness (QED) is 0.786. The van der Waals surface area contributed by atoms with Gasteiger partial charge >= 0.3 is 6.03 Å². The number of nitrogens with one attached hydrogen (secondary N) is 2. The summed E-state index contributed by atoms with van der Waals surface area (Å²) < 4.78 is 0. The van der Waals surface area contributed by atoms with Gasteiger partial charge in [0, 0.05) is 11.9 Å². The molecule has 2 amide bonds. The van der Waals surface area contributed by atoms with E-state index in [4.69, 9.17) is 0 Å². The molecular formula is C13H18N2O. The summed E-state index contributed by atoms with van der Waals surface area (Å²) in [7, 11) is 0. The monoisotopic (exact) mass is 218 g/mol. The molecule has 16 heavy (non-hydrogen) atoms.